The first-order valence-corrected chi connectivity index (χ1v) is 8.70. The molecule has 3 N–H and O–H groups in total. The van der Waals surface area contributed by atoms with Gasteiger partial charge < -0.3 is 5.73 Å². The van der Waals surface area contributed by atoms with Crippen LogP contribution in [0.15, 0.2) is 18.3 Å². The number of hydrogen-bond donors (Lipinski definition) is 2. The summed E-state index contributed by atoms with van der Waals surface area (Å²) in [6.45, 7) is 4.45. The van der Waals surface area contributed by atoms with Gasteiger partial charge in [-0.2, -0.15) is 15.3 Å². The molecule has 0 spiro atoms. The second-order valence-electron chi connectivity index (χ2n) is 6.16. The number of nitrogens with zero attached hydrogens (tertiary/aromatic N) is 6. The van der Waals surface area contributed by atoms with E-state index in [1.165, 1.54) is 0 Å². The molecule has 0 fully saturated rings. The molecule has 0 aliphatic heterocycles. The number of aromatic nitrogens is 7. The maximum Gasteiger partial charge on any atom is 0.248 e. The molecule has 0 bridgehead atoms. The highest BCUT2D eigenvalue weighted by Gasteiger charge is 2.20. The number of carbonyl (C=O) groups is 1. The van der Waals surface area contributed by atoms with Crippen molar-refractivity contribution in [1.82, 2.24) is 34.7 Å². The van der Waals surface area contributed by atoms with Gasteiger partial charge in [-0.1, -0.05) is 11.6 Å². The van der Waals surface area contributed by atoms with Gasteiger partial charge in [0.25, 0.3) is 0 Å². The van der Waals surface area contributed by atoms with E-state index >= 15 is 0 Å². The number of hydrogen-bond acceptors (Lipinski definition) is 5. The average Bonchev–Trinajstić information content (AvgIpc) is 3.33. The number of H-pyrrole nitrogens is 1. The van der Waals surface area contributed by atoms with E-state index in [0.29, 0.717) is 40.0 Å². The van der Waals surface area contributed by atoms with E-state index in [4.69, 9.17) is 17.3 Å². The Kier molecular flexibility index (Phi) is 3.96. The van der Waals surface area contributed by atoms with Gasteiger partial charge >= 0.3 is 0 Å². The van der Waals surface area contributed by atoms with Crippen molar-refractivity contribution in [2.24, 2.45) is 12.8 Å². The summed E-state index contributed by atoms with van der Waals surface area (Å²) in [6.07, 6.45) is 1.71. The predicted octanol–water partition coefficient (Wildman–Crippen LogP) is 2.30. The zero-order valence-corrected chi connectivity index (χ0v) is 15.7. The number of primary amides is 1. The van der Waals surface area contributed by atoms with Crippen LogP contribution in [-0.2, 0) is 13.6 Å². The molecule has 4 rings (SSSR count). The Morgan fingerprint density at radius 1 is 1.37 bits per heavy atom. The number of carbonyl (C=O) groups excluding carboxylic acids is 1. The number of nitrogens with two attached hydrogens (primary N) is 1. The van der Waals surface area contributed by atoms with Gasteiger partial charge in [0, 0.05) is 30.1 Å². The highest BCUT2D eigenvalue weighted by atomic mass is 35.5. The van der Waals surface area contributed by atoms with Crippen LogP contribution in [0.2, 0.25) is 5.02 Å². The van der Waals surface area contributed by atoms with Crippen LogP contribution in [0.5, 0.6) is 0 Å². The fourth-order valence-corrected chi connectivity index (χ4v) is 3.30. The number of fused-ring (bicyclic) bond motifs is 1. The van der Waals surface area contributed by atoms with E-state index in [0.717, 1.165) is 16.6 Å². The largest absolute Gasteiger partial charge is 0.366 e. The number of rotatable bonds is 4. The molecule has 3 heterocycles. The molecule has 0 atom stereocenters. The fraction of sp³-hybridized carbons (Fsp3) is 0.235. The summed E-state index contributed by atoms with van der Waals surface area (Å²) in [5, 5.41) is 17.2. The van der Waals surface area contributed by atoms with E-state index in [9.17, 15) is 4.79 Å². The second-order valence-corrected chi connectivity index (χ2v) is 6.54. The molecule has 9 nitrogen and oxygen atoms in total. The number of benzene rings is 1. The van der Waals surface area contributed by atoms with Gasteiger partial charge in [0.15, 0.2) is 11.6 Å². The number of aryl methyl sites for hydroxylation is 3. The lowest BCUT2D eigenvalue weighted by Crippen LogP contribution is -2.11. The second kappa shape index (κ2) is 6.20. The first kappa shape index (κ1) is 17.2. The third kappa shape index (κ3) is 2.67. The van der Waals surface area contributed by atoms with Gasteiger partial charge in [0.2, 0.25) is 5.91 Å². The molecular weight excluding hydrogens is 368 g/mol. The zero-order valence-electron chi connectivity index (χ0n) is 15.0. The molecule has 0 unspecified atom stereocenters. The quantitative estimate of drug-likeness (QED) is 0.559. The summed E-state index contributed by atoms with van der Waals surface area (Å²) in [7, 11) is 1.79. The van der Waals surface area contributed by atoms with Gasteiger partial charge in [-0.3, -0.25) is 19.3 Å². The lowest BCUT2D eigenvalue weighted by atomic mass is 10.1. The van der Waals surface area contributed by atoms with E-state index in [-0.39, 0.29) is 0 Å². The monoisotopic (exact) mass is 384 g/mol. The summed E-state index contributed by atoms with van der Waals surface area (Å²) >= 11 is 6.40. The topological polar surface area (TPSA) is 120 Å². The molecule has 0 saturated heterocycles. The van der Waals surface area contributed by atoms with Crippen LogP contribution in [0.4, 0.5) is 0 Å². The van der Waals surface area contributed by atoms with Crippen LogP contribution in [0.1, 0.15) is 23.0 Å². The van der Waals surface area contributed by atoms with Crippen LogP contribution < -0.4 is 5.73 Å². The predicted molar refractivity (Wildman–Crippen MR) is 101 cm³/mol. The number of amides is 1. The Bertz CT molecular complexity index is 1190. The van der Waals surface area contributed by atoms with Crippen molar-refractivity contribution in [2.75, 3.05) is 0 Å². The van der Waals surface area contributed by atoms with Crippen molar-refractivity contribution in [3.05, 3.63) is 34.6 Å². The molecule has 1 amide bonds. The zero-order chi connectivity index (χ0) is 19.3. The summed E-state index contributed by atoms with van der Waals surface area (Å²) < 4.78 is 3.44. The summed E-state index contributed by atoms with van der Waals surface area (Å²) in [4.78, 5) is 16.3. The molecule has 3 aromatic heterocycles. The van der Waals surface area contributed by atoms with Crippen LogP contribution in [0.3, 0.4) is 0 Å². The normalized spacial score (nSPS) is 11.4. The first-order chi connectivity index (χ1) is 12.9. The van der Waals surface area contributed by atoms with Crippen molar-refractivity contribution in [3.8, 4) is 22.9 Å². The van der Waals surface area contributed by atoms with Gasteiger partial charge in [-0.25, -0.2) is 4.98 Å². The Balaban J connectivity index is 1.91. The molecule has 0 radical (unpaired) electrons. The van der Waals surface area contributed by atoms with Gasteiger partial charge in [0.1, 0.15) is 5.69 Å². The van der Waals surface area contributed by atoms with Crippen molar-refractivity contribution < 1.29 is 4.79 Å². The maximum absolute atomic E-state index is 11.7. The third-order valence-corrected chi connectivity index (χ3v) is 4.91. The Hall–Kier alpha value is -3.20. The molecule has 0 aliphatic carbocycles. The number of halogens is 1. The van der Waals surface area contributed by atoms with Crippen LogP contribution in [0, 0.1) is 6.92 Å². The minimum Gasteiger partial charge on any atom is -0.366 e. The Morgan fingerprint density at radius 3 is 2.85 bits per heavy atom. The highest BCUT2D eigenvalue weighted by molar-refractivity contribution is 6.33. The molecule has 0 aliphatic rings. The Labute approximate surface area is 159 Å². The highest BCUT2D eigenvalue weighted by Crippen LogP contribution is 2.32. The van der Waals surface area contributed by atoms with E-state index in [1.807, 2.05) is 13.8 Å². The molecule has 0 saturated carbocycles. The van der Waals surface area contributed by atoms with Gasteiger partial charge in [-0.15, -0.1) is 0 Å². The molecule has 138 valence electrons. The molecule has 1 aromatic carbocycles. The van der Waals surface area contributed by atoms with Crippen LogP contribution >= 0.6 is 11.6 Å². The van der Waals surface area contributed by atoms with Crippen LogP contribution in [0.25, 0.3) is 33.8 Å². The molecule has 10 heteroatoms. The van der Waals surface area contributed by atoms with E-state index < -0.39 is 5.91 Å². The molecular formula is C17H17ClN8O. The summed E-state index contributed by atoms with van der Waals surface area (Å²) in [5.41, 5.74) is 8.66. The van der Waals surface area contributed by atoms with Crippen molar-refractivity contribution in [3.63, 3.8) is 0 Å². The van der Waals surface area contributed by atoms with Gasteiger partial charge in [-0.05, 0) is 26.0 Å². The maximum atomic E-state index is 11.7. The number of aromatic amines is 1. The van der Waals surface area contributed by atoms with Crippen molar-refractivity contribution in [2.45, 2.75) is 20.4 Å². The van der Waals surface area contributed by atoms with Crippen LogP contribution in [-0.4, -0.2) is 40.6 Å². The van der Waals surface area contributed by atoms with E-state index in [1.54, 1.807) is 34.7 Å². The standard InChI is InChI=1S/C17H17ClN8O/c1-4-26-14(13(18)8(2)24-26)17-21-16(22-23-17)10-5-9(15(19)27)6-12-11(10)7-20-25(12)3/h5-7H,4H2,1-3H3,(H2,19,27)(H,21,22,23). The summed E-state index contributed by atoms with van der Waals surface area (Å²) in [5.74, 6) is 0.389. The summed E-state index contributed by atoms with van der Waals surface area (Å²) in [6, 6.07) is 3.37. The minimum atomic E-state index is -0.530. The average molecular weight is 385 g/mol. The van der Waals surface area contributed by atoms with E-state index in [2.05, 4.69) is 25.4 Å². The Morgan fingerprint density at radius 2 is 2.15 bits per heavy atom. The third-order valence-electron chi connectivity index (χ3n) is 4.46. The lowest BCUT2D eigenvalue weighted by molar-refractivity contribution is 0.100. The SMILES string of the molecule is CCn1nc(C)c(Cl)c1-c1nc(-c2cc(C(N)=O)cc3c2cnn3C)n[nH]1. The molecule has 27 heavy (non-hydrogen) atoms. The van der Waals surface area contributed by atoms with Crippen molar-refractivity contribution in [1.29, 1.82) is 0 Å². The number of nitrogens with one attached hydrogen (secondary N) is 1. The smallest absolute Gasteiger partial charge is 0.248 e. The van der Waals surface area contributed by atoms with Gasteiger partial charge in [0.05, 0.1) is 22.4 Å². The molecule has 4 aromatic rings. The first-order valence-electron chi connectivity index (χ1n) is 8.32. The minimum absolute atomic E-state index is 0.361. The lowest BCUT2D eigenvalue weighted by Gasteiger charge is -2.03. The fourth-order valence-electron chi connectivity index (χ4n) is 3.08. The van der Waals surface area contributed by atoms with Crippen molar-refractivity contribution >= 4 is 28.4 Å².